The maximum atomic E-state index is 12.1. The van der Waals surface area contributed by atoms with Gasteiger partial charge in [-0.3, -0.25) is 0 Å². The van der Waals surface area contributed by atoms with Gasteiger partial charge in [-0.15, -0.1) is 7.20 Å². The average Bonchev–Trinajstić information content (AvgIpc) is 2.72. The number of benzene rings is 3. The summed E-state index contributed by atoms with van der Waals surface area (Å²) in [5.41, 5.74) is -0.282. The minimum Gasteiger partial charge on any atom is -0.488 e. The lowest BCUT2D eigenvalue weighted by molar-refractivity contribution is 0.0693. The Bertz CT molecular complexity index is 1050. The van der Waals surface area contributed by atoms with E-state index in [1.54, 1.807) is 12.1 Å². The van der Waals surface area contributed by atoms with E-state index in [-0.39, 0.29) is 11.2 Å². The quantitative estimate of drug-likeness (QED) is 0.299. The molecule has 0 aromatic heterocycles. The molecule has 0 atom stereocenters. The highest BCUT2D eigenvalue weighted by Gasteiger charge is 2.32. The molecule has 1 N–H and O–H groups in total. The molecule has 0 spiro atoms. The molecule has 0 aliphatic rings. The predicted molar refractivity (Wildman–Crippen MR) is 143 cm³/mol. The number of hydrogen-bond donors (Lipinski definition) is 1. The SMILES string of the molecule is CC(C)(C)Oc1ccc(S(I)(c2ccc(OC(C)(C)C)cc2)c2ccccc2C(=O)O)cc1. The Morgan fingerprint density at radius 1 is 0.727 bits per heavy atom. The molecule has 3 aromatic carbocycles. The highest BCUT2D eigenvalue weighted by Crippen LogP contribution is 2.75. The zero-order chi connectivity index (χ0) is 24.4. The Balaban J connectivity index is 2.15. The number of hydrogen-bond acceptors (Lipinski definition) is 3. The van der Waals surface area contributed by atoms with Crippen molar-refractivity contribution in [3.05, 3.63) is 78.4 Å². The molecular weight excluding hydrogens is 547 g/mol. The second-order valence-corrected chi connectivity index (χ2v) is 16.1. The Hall–Kier alpha value is -2.19. The van der Waals surface area contributed by atoms with Gasteiger partial charge in [0, 0.05) is 14.7 Å². The number of carbonyl (C=O) groups is 1. The third-order valence-corrected chi connectivity index (χ3v) is 11.8. The van der Waals surface area contributed by atoms with E-state index in [0.717, 1.165) is 26.2 Å². The number of aromatic carboxylic acids is 1. The summed E-state index contributed by atoms with van der Waals surface area (Å²) in [4.78, 5) is 15.0. The first-order valence-electron chi connectivity index (χ1n) is 10.7. The molecule has 33 heavy (non-hydrogen) atoms. The van der Waals surface area contributed by atoms with Crippen molar-refractivity contribution in [1.29, 1.82) is 0 Å². The number of ether oxygens (including phenoxy) is 2. The van der Waals surface area contributed by atoms with Gasteiger partial charge in [0.05, 0.1) is 5.56 Å². The molecule has 3 aromatic rings. The van der Waals surface area contributed by atoms with Crippen molar-refractivity contribution in [3.8, 4) is 11.5 Å². The van der Waals surface area contributed by atoms with Crippen LogP contribution in [-0.4, -0.2) is 22.3 Å². The minimum atomic E-state index is -1.89. The van der Waals surface area contributed by atoms with Gasteiger partial charge in [-0.1, -0.05) is 12.1 Å². The molecule has 4 nitrogen and oxygen atoms in total. The fourth-order valence-electron chi connectivity index (χ4n) is 3.38. The normalized spacial score (nSPS) is 12.8. The first-order chi connectivity index (χ1) is 15.3. The molecule has 176 valence electrons. The standard InChI is InChI=1S/C27H31IO4S/c1-26(2,3)31-19-11-15-21(16-12-19)33(28,24-10-8-7-9-23(24)25(29)30)22-17-13-20(14-18-22)32-27(4,5)6/h7-18H,1-6H3,(H,29,30). The van der Waals surface area contributed by atoms with Crippen LogP contribution in [0.4, 0.5) is 0 Å². The number of halogens is 1. The Kier molecular flexibility index (Phi) is 7.39. The molecule has 0 heterocycles. The smallest absolute Gasteiger partial charge is 0.336 e. The summed E-state index contributed by atoms with van der Waals surface area (Å²) in [6.45, 7) is 12.1. The highest BCUT2D eigenvalue weighted by molar-refractivity contribution is 14.2. The molecule has 0 fully saturated rings. The summed E-state index contributed by atoms with van der Waals surface area (Å²) < 4.78 is 12.0. The van der Waals surface area contributed by atoms with E-state index in [2.05, 4.69) is 21.2 Å². The molecule has 0 bridgehead atoms. The van der Waals surface area contributed by atoms with Gasteiger partial charge < -0.3 is 14.6 Å². The van der Waals surface area contributed by atoms with Gasteiger partial charge in [-0.2, -0.15) is 0 Å². The van der Waals surface area contributed by atoms with Crippen LogP contribution < -0.4 is 9.47 Å². The molecule has 0 saturated heterocycles. The summed E-state index contributed by atoms with van der Waals surface area (Å²) in [5.74, 6) is 0.634. The molecule has 0 amide bonds. The largest absolute Gasteiger partial charge is 0.488 e. The summed E-state index contributed by atoms with van der Waals surface area (Å²) in [6, 6.07) is 23.3. The molecule has 3 rings (SSSR count). The molecule has 0 saturated carbocycles. The van der Waals surface area contributed by atoms with Gasteiger partial charge in [0.15, 0.2) is 0 Å². The Morgan fingerprint density at radius 3 is 1.48 bits per heavy atom. The second kappa shape index (κ2) is 9.58. The molecule has 0 unspecified atom stereocenters. The van der Waals surface area contributed by atoms with E-state index < -0.39 is 13.2 Å². The van der Waals surface area contributed by atoms with Crippen LogP contribution in [0, 0.1) is 0 Å². The predicted octanol–water partition coefficient (Wildman–Crippen LogP) is 8.37. The fraction of sp³-hybridized carbons (Fsp3) is 0.296. The van der Waals surface area contributed by atoms with Crippen molar-refractivity contribution >= 4 is 34.4 Å². The number of carboxylic acid groups (broad SMARTS) is 1. The van der Waals surface area contributed by atoms with Crippen LogP contribution in [0.5, 0.6) is 11.5 Å². The zero-order valence-electron chi connectivity index (χ0n) is 19.9. The van der Waals surface area contributed by atoms with Crippen LogP contribution in [0.3, 0.4) is 0 Å². The van der Waals surface area contributed by atoms with Crippen LogP contribution in [0.2, 0.25) is 0 Å². The van der Waals surface area contributed by atoms with E-state index in [4.69, 9.17) is 9.47 Å². The third kappa shape index (κ3) is 6.23. The van der Waals surface area contributed by atoms with E-state index in [0.29, 0.717) is 5.56 Å². The van der Waals surface area contributed by atoms with Crippen LogP contribution in [0.1, 0.15) is 51.9 Å². The first-order valence-corrected chi connectivity index (χ1v) is 14.9. The highest BCUT2D eigenvalue weighted by atomic mass is 127. The van der Waals surface area contributed by atoms with Crippen molar-refractivity contribution in [2.24, 2.45) is 0 Å². The van der Waals surface area contributed by atoms with Crippen LogP contribution in [0.15, 0.2) is 87.5 Å². The molecule has 6 heteroatoms. The second-order valence-electron chi connectivity index (χ2n) is 9.71. The van der Waals surface area contributed by atoms with Gasteiger partial charge in [0.25, 0.3) is 0 Å². The summed E-state index contributed by atoms with van der Waals surface area (Å²) in [6.07, 6.45) is 0. The lowest BCUT2D eigenvalue weighted by atomic mass is 10.2. The van der Waals surface area contributed by atoms with Crippen LogP contribution >= 0.6 is 28.4 Å². The topological polar surface area (TPSA) is 55.8 Å². The van der Waals surface area contributed by atoms with Gasteiger partial charge in [-0.25, -0.2) is 4.79 Å². The summed E-state index contributed by atoms with van der Waals surface area (Å²) >= 11 is 2.45. The molecule has 0 aliphatic heterocycles. The van der Waals surface area contributed by atoms with Crippen molar-refractivity contribution in [3.63, 3.8) is 0 Å². The lowest BCUT2D eigenvalue weighted by Gasteiger charge is -2.36. The van der Waals surface area contributed by atoms with Crippen LogP contribution in [-0.2, 0) is 0 Å². The maximum absolute atomic E-state index is 12.1. The van der Waals surface area contributed by atoms with Crippen molar-refractivity contribution in [1.82, 2.24) is 0 Å². The van der Waals surface area contributed by atoms with E-state index in [9.17, 15) is 9.90 Å². The van der Waals surface area contributed by atoms with E-state index >= 15 is 0 Å². The van der Waals surface area contributed by atoms with Crippen molar-refractivity contribution in [2.75, 3.05) is 0 Å². The Labute approximate surface area is 210 Å². The van der Waals surface area contributed by atoms with Crippen molar-refractivity contribution < 1.29 is 19.4 Å². The van der Waals surface area contributed by atoms with Gasteiger partial charge >= 0.3 is 5.97 Å². The monoisotopic (exact) mass is 578 g/mol. The average molecular weight is 579 g/mol. The van der Waals surface area contributed by atoms with Gasteiger partial charge in [0.2, 0.25) is 0 Å². The fourth-order valence-corrected chi connectivity index (χ4v) is 8.82. The molecular formula is C27H31IO4S. The van der Waals surface area contributed by atoms with Crippen LogP contribution in [0.25, 0.3) is 0 Å². The maximum Gasteiger partial charge on any atom is 0.336 e. The third-order valence-electron chi connectivity index (χ3n) is 4.57. The van der Waals surface area contributed by atoms with E-state index in [1.165, 1.54) is 0 Å². The molecule has 0 aliphatic carbocycles. The number of rotatable bonds is 6. The summed E-state index contributed by atoms with van der Waals surface area (Å²) in [5, 5.41) is 9.94. The number of carboxylic acids is 1. The molecule has 0 radical (unpaired) electrons. The van der Waals surface area contributed by atoms with E-state index in [1.807, 2.05) is 102 Å². The zero-order valence-corrected chi connectivity index (χ0v) is 22.9. The Morgan fingerprint density at radius 2 is 1.12 bits per heavy atom. The first kappa shape index (κ1) is 25.4. The lowest BCUT2D eigenvalue weighted by Crippen LogP contribution is -2.22. The summed E-state index contributed by atoms with van der Waals surface area (Å²) in [7, 11) is -1.89. The minimum absolute atomic E-state index is 0.297. The van der Waals surface area contributed by atoms with Crippen molar-refractivity contribution in [2.45, 2.75) is 67.4 Å². The van der Waals surface area contributed by atoms with Gasteiger partial charge in [0.1, 0.15) is 22.7 Å². The van der Waals surface area contributed by atoms with Gasteiger partial charge in [-0.05, 0) is 123 Å².